The molecule has 34 heavy (non-hydrogen) atoms. The molecule has 0 saturated carbocycles. The Morgan fingerprint density at radius 3 is 2.88 bits per heavy atom. The average Bonchev–Trinajstić information content (AvgIpc) is 3.24. The summed E-state index contributed by atoms with van der Waals surface area (Å²) in [7, 11) is 0. The zero-order chi connectivity index (χ0) is 23.9. The van der Waals surface area contributed by atoms with Crippen LogP contribution in [-0.4, -0.2) is 20.2 Å². The highest BCUT2D eigenvalue weighted by atomic mass is 15.1. The van der Waals surface area contributed by atoms with Crippen molar-refractivity contribution in [1.82, 2.24) is 20.2 Å². The number of nitrogens with one attached hydrogen (secondary N) is 1. The van der Waals surface area contributed by atoms with Gasteiger partial charge in [-0.25, -0.2) is 0 Å². The number of nitrogens with zero attached hydrogens (tertiary/aromatic N) is 3. The number of aryl methyl sites for hydroxylation is 1. The van der Waals surface area contributed by atoms with Crippen LogP contribution in [0.2, 0.25) is 0 Å². The highest BCUT2D eigenvalue weighted by Crippen LogP contribution is 2.31. The summed E-state index contributed by atoms with van der Waals surface area (Å²) >= 11 is 0. The summed E-state index contributed by atoms with van der Waals surface area (Å²) in [5, 5.41) is 7.44. The number of hydrogen-bond donors (Lipinski definition) is 1. The second kappa shape index (κ2) is 11.1. The monoisotopic (exact) mass is 450 g/mol. The molecule has 4 nitrogen and oxygen atoms in total. The smallest absolute Gasteiger partial charge is 0.0912 e. The number of fused-ring (bicyclic) bond motifs is 1. The van der Waals surface area contributed by atoms with Crippen LogP contribution in [0.15, 0.2) is 68.0 Å². The SMILES string of the molecule is C=CC(CCC)CCCC(=C)c1cnc2c(c1)CC=C(c1cn[nH]c1-c1cccc(C)n1)C=C2. The van der Waals surface area contributed by atoms with Gasteiger partial charge < -0.3 is 0 Å². The van der Waals surface area contributed by atoms with Crippen molar-refractivity contribution in [3.05, 3.63) is 96.1 Å². The molecule has 1 unspecified atom stereocenters. The van der Waals surface area contributed by atoms with Gasteiger partial charge in [-0.3, -0.25) is 15.1 Å². The lowest BCUT2D eigenvalue weighted by molar-refractivity contribution is 0.521. The van der Waals surface area contributed by atoms with Gasteiger partial charge in [-0.05, 0) is 91.5 Å². The molecule has 1 aliphatic rings. The van der Waals surface area contributed by atoms with Gasteiger partial charge in [0.2, 0.25) is 0 Å². The highest BCUT2D eigenvalue weighted by molar-refractivity contribution is 5.86. The van der Waals surface area contributed by atoms with Crippen molar-refractivity contribution in [3.63, 3.8) is 0 Å². The highest BCUT2D eigenvalue weighted by Gasteiger charge is 2.15. The van der Waals surface area contributed by atoms with Crippen molar-refractivity contribution in [2.24, 2.45) is 5.92 Å². The van der Waals surface area contributed by atoms with E-state index >= 15 is 0 Å². The second-order valence-electron chi connectivity index (χ2n) is 9.07. The van der Waals surface area contributed by atoms with Crippen LogP contribution in [0.1, 0.15) is 67.1 Å². The summed E-state index contributed by atoms with van der Waals surface area (Å²) in [5.41, 5.74) is 9.53. The number of H-pyrrole nitrogens is 1. The molecule has 0 spiro atoms. The molecule has 3 heterocycles. The van der Waals surface area contributed by atoms with Crippen molar-refractivity contribution in [2.45, 2.75) is 52.4 Å². The number of hydrogen-bond acceptors (Lipinski definition) is 3. The molecule has 0 aliphatic heterocycles. The van der Waals surface area contributed by atoms with Gasteiger partial charge in [-0.2, -0.15) is 5.10 Å². The predicted octanol–water partition coefficient (Wildman–Crippen LogP) is 7.61. The fourth-order valence-corrected chi connectivity index (χ4v) is 4.54. The van der Waals surface area contributed by atoms with Gasteiger partial charge in [0.25, 0.3) is 0 Å². The third-order valence-electron chi connectivity index (χ3n) is 6.51. The Morgan fingerprint density at radius 1 is 1.21 bits per heavy atom. The molecule has 1 atom stereocenters. The van der Waals surface area contributed by atoms with Gasteiger partial charge in [0.05, 0.1) is 23.3 Å². The lowest BCUT2D eigenvalue weighted by Crippen LogP contribution is -1.97. The molecule has 0 bridgehead atoms. The zero-order valence-electron chi connectivity index (χ0n) is 20.3. The van der Waals surface area contributed by atoms with E-state index in [0.29, 0.717) is 5.92 Å². The quantitative estimate of drug-likeness (QED) is 0.323. The molecular weight excluding hydrogens is 416 g/mol. The van der Waals surface area contributed by atoms with E-state index in [1.807, 2.05) is 37.5 Å². The first-order valence-electron chi connectivity index (χ1n) is 12.2. The average molecular weight is 451 g/mol. The maximum atomic E-state index is 4.76. The molecule has 0 amide bonds. The van der Waals surface area contributed by atoms with E-state index in [1.54, 1.807) is 0 Å². The second-order valence-corrected chi connectivity index (χ2v) is 9.07. The molecule has 3 aromatic heterocycles. The van der Waals surface area contributed by atoms with E-state index in [2.05, 4.69) is 65.6 Å². The van der Waals surface area contributed by atoms with Gasteiger partial charge >= 0.3 is 0 Å². The maximum absolute atomic E-state index is 4.76. The van der Waals surface area contributed by atoms with E-state index < -0.39 is 0 Å². The minimum absolute atomic E-state index is 0.611. The first kappa shape index (κ1) is 23.6. The molecule has 0 aromatic carbocycles. The third kappa shape index (κ3) is 5.51. The third-order valence-corrected chi connectivity index (χ3v) is 6.51. The van der Waals surface area contributed by atoms with Gasteiger partial charge in [0.1, 0.15) is 0 Å². The Morgan fingerprint density at radius 2 is 2.09 bits per heavy atom. The zero-order valence-corrected chi connectivity index (χ0v) is 20.3. The first-order valence-corrected chi connectivity index (χ1v) is 12.2. The molecule has 0 radical (unpaired) electrons. The van der Waals surface area contributed by atoms with Crippen LogP contribution in [-0.2, 0) is 6.42 Å². The Kier molecular flexibility index (Phi) is 7.69. The topological polar surface area (TPSA) is 54.5 Å². The standard InChI is InChI=1S/C30H34N4/c1-5-9-23(6-2)12-7-10-21(3)26-18-25-15-14-24(16-17-28(25)31-19-26)27-20-32-34-30(27)29-13-8-11-22(4)33-29/h6,8,11,13-14,16-20,23H,2-3,5,7,9-10,12,15H2,1,4H3,(H,32,34). The van der Waals surface area contributed by atoms with Crippen LogP contribution in [0.4, 0.5) is 0 Å². The fraction of sp³-hybridized carbons (Fsp3) is 0.300. The van der Waals surface area contributed by atoms with E-state index in [0.717, 1.165) is 64.3 Å². The maximum Gasteiger partial charge on any atom is 0.0912 e. The fourth-order valence-electron chi connectivity index (χ4n) is 4.54. The molecule has 174 valence electrons. The summed E-state index contributed by atoms with van der Waals surface area (Å²) < 4.78 is 0. The van der Waals surface area contributed by atoms with Crippen molar-refractivity contribution in [3.8, 4) is 11.4 Å². The Hall–Kier alpha value is -3.53. The van der Waals surface area contributed by atoms with Crippen LogP contribution in [0.3, 0.4) is 0 Å². The molecule has 1 aliphatic carbocycles. The summed E-state index contributed by atoms with van der Waals surface area (Å²) in [6, 6.07) is 8.29. The molecular formula is C30H34N4. The summed E-state index contributed by atoms with van der Waals surface area (Å²) in [6.45, 7) is 12.6. The molecule has 4 rings (SSSR count). The van der Waals surface area contributed by atoms with Crippen molar-refractivity contribution in [1.29, 1.82) is 0 Å². The Bertz CT molecular complexity index is 1230. The minimum Gasteiger partial charge on any atom is -0.276 e. The predicted molar refractivity (Wildman–Crippen MR) is 143 cm³/mol. The lowest BCUT2D eigenvalue weighted by Gasteiger charge is -2.12. The Balaban J connectivity index is 1.48. The summed E-state index contributed by atoms with van der Waals surface area (Å²) in [6.07, 6.45) is 19.0. The lowest BCUT2D eigenvalue weighted by atomic mass is 9.94. The van der Waals surface area contributed by atoms with E-state index in [4.69, 9.17) is 4.98 Å². The van der Waals surface area contributed by atoms with Crippen LogP contribution in [0, 0.1) is 12.8 Å². The minimum atomic E-state index is 0.611. The van der Waals surface area contributed by atoms with Gasteiger partial charge in [-0.15, -0.1) is 6.58 Å². The Labute approximate surface area is 203 Å². The number of aromatic nitrogens is 4. The molecule has 0 fully saturated rings. The molecule has 4 heteroatoms. The summed E-state index contributed by atoms with van der Waals surface area (Å²) in [4.78, 5) is 9.43. The van der Waals surface area contributed by atoms with E-state index in [9.17, 15) is 0 Å². The van der Waals surface area contributed by atoms with Crippen molar-refractivity contribution < 1.29 is 0 Å². The van der Waals surface area contributed by atoms with Crippen LogP contribution in [0.5, 0.6) is 0 Å². The van der Waals surface area contributed by atoms with Crippen molar-refractivity contribution in [2.75, 3.05) is 0 Å². The molecule has 0 saturated heterocycles. The van der Waals surface area contributed by atoms with Crippen molar-refractivity contribution >= 4 is 17.2 Å². The van der Waals surface area contributed by atoms with Crippen LogP contribution >= 0.6 is 0 Å². The van der Waals surface area contributed by atoms with E-state index in [1.165, 1.54) is 24.8 Å². The van der Waals surface area contributed by atoms with Crippen LogP contribution < -0.4 is 0 Å². The van der Waals surface area contributed by atoms with E-state index in [-0.39, 0.29) is 0 Å². The summed E-state index contributed by atoms with van der Waals surface area (Å²) in [5.74, 6) is 0.611. The van der Waals surface area contributed by atoms with Gasteiger partial charge in [0.15, 0.2) is 0 Å². The molecule has 1 N–H and O–H groups in total. The number of rotatable bonds is 10. The normalized spacial score (nSPS) is 13.6. The van der Waals surface area contributed by atoms with Gasteiger partial charge in [-0.1, -0.05) is 44.2 Å². The van der Waals surface area contributed by atoms with Gasteiger partial charge in [0, 0.05) is 17.5 Å². The first-order chi connectivity index (χ1) is 16.6. The molecule has 3 aromatic rings. The number of aromatic amines is 1. The largest absolute Gasteiger partial charge is 0.276 e. The number of allylic oxidation sites excluding steroid dienone is 5. The number of pyridine rings is 2. The van der Waals surface area contributed by atoms with Crippen LogP contribution in [0.25, 0.3) is 28.6 Å².